The van der Waals surface area contributed by atoms with Crippen molar-refractivity contribution in [1.29, 1.82) is 0 Å². The number of carbonyl (C=O) groups is 3. The first-order valence-corrected chi connectivity index (χ1v) is 6.99. The van der Waals surface area contributed by atoms with Crippen LogP contribution in [0.3, 0.4) is 0 Å². The van der Waals surface area contributed by atoms with Crippen LogP contribution in [0.15, 0.2) is 36.4 Å². The number of carbonyl (C=O) groups excluding carboxylic acids is 1. The number of aliphatic carboxylic acids is 1. The van der Waals surface area contributed by atoms with E-state index in [-0.39, 0.29) is 23.3 Å². The highest BCUT2D eigenvalue weighted by atomic mass is 16.4. The van der Waals surface area contributed by atoms with Crippen molar-refractivity contribution in [2.45, 2.75) is 20.3 Å². The summed E-state index contributed by atoms with van der Waals surface area (Å²) in [6.45, 7) is 3.44. The van der Waals surface area contributed by atoms with Gasteiger partial charge in [-0.15, -0.1) is 0 Å². The molecular formula is C18H16O5. The van der Waals surface area contributed by atoms with Gasteiger partial charge in [-0.05, 0) is 42.7 Å². The van der Waals surface area contributed by atoms with E-state index < -0.39 is 11.9 Å². The second-order valence-electron chi connectivity index (χ2n) is 5.38. The zero-order chi connectivity index (χ0) is 17.1. The molecule has 0 atom stereocenters. The summed E-state index contributed by atoms with van der Waals surface area (Å²) < 4.78 is 0. The number of carboxylic acid groups (broad SMARTS) is 2. The highest BCUT2D eigenvalue weighted by Gasteiger charge is 2.15. The molecule has 0 radical (unpaired) electrons. The number of hydrogen-bond donors (Lipinski definition) is 2. The average Bonchev–Trinajstić information content (AvgIpc) is 2.48. The molecule has 5 nitrogen and oxygen atoms in total. The number of rotatable bonds is 5. The van der Waals surface area contributed by atoms with Crippen LogP contribution in [0, 0.1) is 13.8 Å². The largest absolute Gasteiger partial charge is 0.481 e. The third kappa shape index (κ3) is 3.63. The van der Waals surface area contributed by atoms with Gasteiger partial charge in [0.25, 0.3) is 0 Å². The van der Waals surface area contributed by atoms with Crippen molar-refractivity contribution in [2.75, 3.05) is 0 Å². The molecule has 0 fully saturated rings. The van der Waals surface area contributed by atoms with Gasteiger partial charge in [-0.2, -0.15) is 0 Å². The summed E-state index contributed by atoms with van der Waals surface area (Å²) in [7, 11) is 0. The van der Waals surface area contributed by atoms with Crippen LogP contribution in [0.5, 0.6) is 0 Å². The van der Waals surface area contributed by atoms with Crippen molar-refractivity contribution in [1.82, 2.24) is 0 Å². The van der Waals surface area contributed by atoms with Gasteiger partial charge in [0.1, 0.15) is 0 Å². The lowest BCUT2D eigenvalue weighted by Crippen LogP contribution is -2.08. The maximum Gasteiger partial charge on any atom is 0.335 e. The molecule has 0 bridgehead atoms. The van der Waals surface area contributed by atoms with Gasteiger partial charge >= 0.3 is 11.9 Å². The molecule has 2 rings (SSSR count). The Hall–Kier alpha value is -2.95. The summed E-state index contributed by atoms with van der Waals surface area (Å²) >= 11 is 0. The molecule has 0 amide bonds. The van der Waals surface area contributed by atoms with Gasteiger partial charge in [0.05, 0.1) is 12.0 Å². The fourth-order valence-electron chi connectivity index (χ4n) is 2.33. The van der Waals surface area contributed by atoms with E-state index >= 15 is 0 Å². The number of benzene rings is 2. The molecule has 0 aromatic heterocycles. The highest BCUT2D eigenvalue weighted by molar-refractivity contribution is 6.10. The fourth-order valence-corrected chi connectivity index (χ4v) is 2.33. The van der Waals surface area contributed by atoms with Gasteiger partial charge in [-0.25, -0.2) is 4.79 Å². The minimum atomic E-state index is -1.09. The molecule has 2 aromatic rings. The molecule has 0 unspecified atom stereocenters. The molecule has 0 saturated heterocycles. The fraction of sp³-hybridized carbons (Fsp3) is 0.167. The minimum Gasteiger partial charge on any atom is -0.481 e. The maximum atomic E-state index is 12.5. The van der Waals surface area contributed by atoms with Crippen molar-refractivity contribution in [3.05, 3.63) is 69.8 Å². The van der Waals surface area contributed by atoms with Crippen LogP contribution < -0.4 is 0 Å². The zero-order valence-corrected chi connectivity index (χ0v) is 12.8. The molecule has 0 aliphatic carbocycles. The number of ketones is 1. The number of carboxylic acids is 2. The molecule has 0 saturated carbocycles. The Kier molecular flexibility index (Phi) is 4.60. The van der Waals surface area contributed by atoms with Gasteiger partial charge < -0.3 is 10.2 Å². The maximum absolute atomic E-state index is 12.5. The second kappa shape index (κ2) is 6.44. The van der Waals surface area contributed by atoms with Crippen molar-refractivity contribution in [3.63, 3.8) is 0 Å². The number of aryl methyl sites for hydroxylation is 2. The topological polar surface area (TPSA) is 91.7 Å². The smallest absolute Gasteiger partial charge is 0.335 e. The van der Waals surface area contributed by atoms with Crippen LogP contribution in [-0.2, 0) is 11.2 Å². The minimum absolute atomic E-state index is 0.0775. The molecule has 118 valence electrons. The summed E-state index contributed by atoms with van der Waals surface area (Å²) in [5.41, 5.74) is 2.61. The highest BCUT2D eigenvalue weighted by Crippen LogP contribution is 2.18. The lowest BCUT2D eigenvalue weighted by molar-refractivity contribution is -0.136. The van der Waals surface area contributed by atoms with Crippen molar-refractivity contribution in [3.8, 4) is 0 Å². The van der Waals surface area contributed by atoms with Crippen molar-refractivity contribution in [2.24, 2.45) is 0 Å². The molecule has 0 heterocycles. The Labute approximate surface area is 133 Å². The number of aromatic carboxylic acids is 1. The lowest BCUT2D eigenvalue weighted by Gasteiger charge is -2.08. The van der Waals surface area contributed by atoms with E-state index in [1.54, 1.807) is 44.2 Å². The standard InChI is InChI=1S/C18H16O5/c1-10-3-5-12(7-14(10)9-16(19)20)17(21)13-6-4-11(2)15(8-13)18(22)23/h3-8H,9H2,1-2H3,(H,19,20)(H,22,23). The molecule has 0 spiro atoms. The van der Waals surface area contributed by atoms with Gasteiger partial charge in [0.15, 0.2) is 5.78 Å². The van der Waals surface area contributed by atoms with Gasteiger partial charge in [-0.3, -0.25) is 9.59 Å². The summed E-state index contributed by atoms with van der Waals surface area (Å²) in [6.07, 6.45) is -0.165. The van der Waals surface area contributed by atoms with E-state index in [9.17, 15) is 14.4 Å². The van der Waals surface area contributed by atoms with E-state index in [1.165, 1.54) is 6.07 Å². The van der Waals surface area contributed by atoms with Gasteiger partial charge in [0, 0.05) is 11.1 Å². The molecule has 23 heavy (non-hydrogen) atoms. The average molecular weight is 312 g/mol. The van der Waals surface area contributed by atoms with Crippen LogP contribution in [0.4, 0.5) is 0 Å². The molecule has 2 N–H and O–H groups in total. The van der Waals surface area contributed by atoms with E-state index in [1.807, 2.05) is 0 Å². The second-order valence-corrected chi connectivity index (χ2v) is 5.38. The SMILES string of the molecule is Cc1ccc(C(=O)c2ccc(C)c(C(=O)O)c2)cc1CC(=O)O. The predicted octanol–water partition coefficient (Wildman–Crippen LogP) is 2.86. The molecule has 2 aromatic carbocycles. The van der Waals surface area contributed by atoms with Crippen LogP contribution in [-0.4, -0.2) is 27.9 Å². The van der Waals surface area contributed by atoms with E-state index in [0.717, 1.165) is 5.56 Å². The first-order valence-electron chi connectivity index (χ1n) is 6.99. The van der Waals surface area contributed by atoms with Gasteiger partial charge in [-0.1, -0.05) is 24.3 Å². The monoisotopic (exact) mass is 312 g/mol. The van der Waals surface area contributed by atoms with Crippen LogP contribution in [0.2, 0.25) is 0 Å². The van der Waals surface area contributed by atoms with E-state index in [4.69, 9.17) is 10.2 Å². The third-order valence-electron chi connectivity index (χ3n) is 3.68. The molecule has 0 aliphatic heterocycles. The third-order valence-corrected chi connectivity index (χ3v) is 3.68. The Morgan fingerprint density at radius 1 is 0.870 bits per heavy atom. The summed E-state index contributed by atoms with van der Waals surface area (Å²) in [4.78, 5) is 34.6. The molecular weight excluding hydrogens is 296 g/mol. The van der Waals surface area contributed by atoms with Crippen LogP contribution in [0.1, 0.15) is 43.0 Å². The quantitative estimate of drug-likeness (QED) is 0.828. The molecule has 5 heteroatoms. The Balaban J connectivity index is 2.43. The van der Waals surface area contributed by atoms with Crippen LogP contribution >= 0.6 is 0 Å². The summed E-state index contributed by atoms with van der Waals surface area (Å²) in [5, 5.41) is 18.1. The first-order chi connectivity index (χ1) is 10.8. The Morgan fingerprint density at radius 2 is 1.43 bits per heavy atom. The first kappa shape index (κ1) is 16.4. The Morgan fingerprint density at radius 3 is 2.00 bits per heavy atom. The van der Waals surface area contributed by atoms with E-state index in [2.05, 4.69) is 0 Å². The predicted molar refractivity (Wildman–Crippen MR) is 84.1 cm³/mol. The number of hydrogen-bond acceptors (Lipinski definition) is 3. The zero-order valence-electron chi connectivity index (χ0n) is 12.8. The van der Waals surface area contributed by atoms with Crippen molar-refractivity contribution >= 4 is 17.7 Å². The van der Waals surface area contributed by atoms with Crippen LogP contribution in [0.25, 0.3) is 0 Å². The molecule has 0 aliphatic rings. The van der Waals surface area contributed by atoms with E-state index in [0.29, 0.717) is 16.7 Å². The van der Waals surface area contributed by atoms with Crippen molar-refractivity contribution < 1.29 is 24.6 Å². The normalized spacial score (nSPS) is 10.3. The lowest BCUT2D eigenvalue weighted by atomic mass is 9.95. The summed E-state index contributed by atoms with van der Waals surface area (Å²) in [6, 6.07) is 9.35. The summed E-state index contributed by atoms with van der Waals surface area (Å²) in [5.74, 6) is -2.40. The van der Waals surface area contributed by atoms with Gasteiger partial charge in [0.2, 0.25) is 0 Å². The Bertz CT molecular complexity index is 805.